The normalized spacial score (nSPS) is 11.1. The predicted octanol–water partition coefficient (Wildman–Crippen LogP) is 3.56. The molecule has 0 saturated heterocycles. The van der Waals surface area contributed by atoms with Gasteiger partial charge in [0, 0.05) is 22.3 Å². The molecule has 0 fully saturated rings. The third-order valence-electron chi connectivity index (χ3n) is 4.44. The summed E-state index contributed by atoms with van der Waals surface area (Å²) >= 11 is 0. The molecule has 0 aliphatic carbocycles. The number of benzene rings is 2. The zero-order valence-electron chi connectivity index (χ0n) is 14.7. The maximum atomic E-state index is 13.4. The van der Waals surface area contributed by atoms with Crippen LogP contribution in [0.2, 0.25) is 0 Å². The number of anilines is 2. The van der Waals surface area contributed by atoms with Crippen LogP contribution in [-0.4, -0.2) is 24.9 Å². The van der Waals surface area contributed by atoms with Gasteiger partial charge in [-0.25, -0.2) is 14.4 Å². The molecule has 2 heterocycles. The topological polar surface area (TPSA) is 75.9 Å². The Hall–Kier alpha value is -3.32. The Morgan fingerprint density at radius 1 is 1.15 bits per heavy atom. The molecule has 0 aliphatic heterocycles. The van der Waals surface area contributed by atoms with Crippen LogP contribution < -0.4 is 5.32 Å². The van der Waals surface area contributed by atoms with Gasteiger partial charge >= 0.3 is 0 Å². The van der Waals surface area contributed by atoms with Crippen LogP contribution in [0.3, 0.4) is 0 Å². The smallest absolute Gasteiger partial charge is 0.139 e. The lowest BCUT2D eigenvalue weighted by Gasteiger charge is -2.11. The Balaban J connectivity index is 1.62. The Labute approximate surface area is 155 Å². The molecule has 0 aliphatic rings. The summed E-state index contributed by atoms with van der Waals surface area (Å²) in [6.45, 7) is 2.19. The first-order chi connectivity index (χ1) is 13.1. The van der Waals surface area contributed by atoms with Crippen LogP contribution in [-0.2, 0) is 13.2 Å². The van der Waals surface area contributed by atoms with E-state index in [0.717, 1.165) is 27.8 Å². The van der Waals surface area contributed by atoms with Crippen molar-refractivity contribution in [1.82, 2.24) is 19.7 Å². The number of aryl methyl sites for hydroxylation is 1. The van der Waals surface area contributed by atoms with Crippen LogP contribution in [0.25, 0.3) is 10.9 Å². The zero-order chi connectivity index (χ0) is 18.8. The first-order valence-corrected chi connectivity index (χ1v) is 8.52. The van der Waals surface area contributed by atoms with E-state index >= 15 is 0 Å². The Morgan fingerprint density at radius 2 is 2.04 bits per heavy atom. The molecule has 0 radical (unpaired) electrons. The van der Waals surface area contributed by atoms with Crippen LogP contribution in [0.15, 0.2) is 55.0 Å². The van der Waals surface area contributed by atoms with Gasteiger partial charge in [0.2, 0.25) is 0 Å². The molecule has 6 nitrogen and oxygen atoms in total. The van der Waals surface area contributed by atoms with Crippen molar-refractivity contribution < 1.29 is 9.50 Å². The van der Waals surface area contributed by atoms with Gasteiger partial charge in [-0.1, -0.05) is 12.1 Å². The Morgan fingerprint density at radius 3 is 2.85 bits per heavy atom. The highest BCUT2D eigenvalue weighted by Crippen LogP contribution is 2.24. The third-order valence-corrected chi connectivity index (χ3v) is 4.44. The number of nitrogens with one attached hydrogen (secondary N) is 1. The summed E-state index contributed by atoms with van der Waals surface area (Å²) in [5.74, 6) is 0.326. The minimum absolute atomic E-state index is 0.136. The molecule has 0 saturated carbocycles. The number of hydrogen-bond donors (Lipinski definition) is 2. The van der Waals surface area contributed by atoms with Crippen LogP contribution in [0.1, 0.15) is 16.8 Å². The number of aromatic nitrogens is 4. The van der Waals surface area contributed by atoms with Crippen molar-refractivity contribution in [3.63, 3.8) is 0 Å². The molecule has 27 heavy (non-hydrogen) atoms. The third kappa shape index (κ3) is 3.50. The fraction of sp³-hybridized carbons (Fsp3) is 0.150. The minimum atomic E-state index is -0.254. The number of nitrogens with zero attached hydrogens (tertiary/aromatic N) is 4. The van der Waals surface area contributed by atoms with Crippen molar-refractivity contribution in [2.45, 2.75) is 20.1 Å². The Bertz CT molecular complexity index is 1110. The molecule has 4 rings (SSSR count). The molecule has 0 unspecified atom stereocenters. The molecule has 0 spiro atoms. The molecule has 2 aromatic heterocycles. The lowest BCUT2D eigenvalue weighted by molar-refractivity contribution is 0.280. The van der Waals surface area contributed by atoms with Crippen molar-refractivity contribution in [2.75, 3.05) is 5.32 Å². The van der Waals surface area contributed by atoms with Crippen molar-refractivity contribution in [3.05, 3.63) is 77.6 Å². The molecule has 4 aromatic rings. The van der Waals surface area contributed by atoms with Crippen molar-refractivity contribution in [2.24, 2.45) is 0 Å². The second-order valence-corrected chi connectivity index (χ2v) is 6.28. The maximum absolute atomic E-state index is 13.4. The predicted molar refractivity (Wildman–Crippen MR) is 101 cm³/mol. The van der Waals surface area contributed by atoms with Gasteiger partial charge in [-0.2, -0.15) is 5.10 Å². The maximum Gasteiger partial charge on any atom is 0.139 e. The van der Waals surface area contributed by atoms with Gasteiger partial charge in [0.25, 0.3) is 0 Å². The van der Waals surface area contributed by atoms with E-state index in [0.29, 0.717) is 17.9 Å². The largest absolute Gasteiger partial charge is 0.391 e. The van der Waals surface area contributed by atoms with Crippen molar-refractivity contribution in [3.8, 4) is 0 Å². The van der Waals surface area contributed by atoms with E-state index in [4.69, 9.17) is 0 Å². The van der Waals surface area contributed by atoms with Gasteiger partial charge in [0.05, 0.1) is 24.9 Å². The standard InChI is InChI=1S/C20H18FN5O/c1-13-18(11-27)20(23-12-22-13)25-17-5-6-19-15(8-17)9-24-26(19)10-14-3-2-4-16(21)7-14/h2-9,12,27H,10-11H2,1H3,(H,22,23,25). The van der Waals surface area contributed by atoms with Gasteiger partial charge in [0.1, 0.15) is 18.0 Å². The number of hydrogen-bond acceptors (Lipinski definition) is 5. The van der Waals surface area contributed by atoms with Gasteiger partial charge in [-0.3, -0.25) is 4.68 Å². The summed E-state index contributed by atoms with van der Waals surface area (Å²) in [5, 5.41) is 18.1. The van der Waals surface area contributed by atoms with E-state index in [1.54, 1.807) is 12.3 Å². The minimum Gasteiger partial charge on any atom is -0.391 e. The van der Waals surface area contributed by atoms with Crippen molar-refractivity contribution in [1.29, 1.82) is 0 Å². The first-order valence-electron chi connectivity index (χ1n) is 8.52. The van der Waals surface area contributed by atoms with Gasteiger partial charge in [-0.15, -0.1) is 0 Å². The van der Waals surface area contributed by atoms with Gasteiger partial charge < -0.3 is 10.4 Å². The van der Waals surface area contributed by atoms with Crippen LogP contribution in [0.5, 0.6) is 0 Å². The summed E-state index contributed by atoms with van der Waals surface area (Å²) < 4.78 is 15.2. The number of aliphatic hydroxyl groups is 1. The van der Waals surface area contributed by atoms with Gasteiger partial charge in [-0.05, 0) is 42.8 Å². The average Bonchev–Trinajstić information content (AvgIpc) is 3.04. The number of rotatable bonds is 5. The van der Waals surface area contributed by atoms with Crippen LogP contribution in [0, 0.1) is 12.7 Å². The second kappa shape index (κ2) is 7.13. The molecule has 0 atom stereocenters. The Kier molecular flexibility index (Phi) is 4.52. The molecular weight excluding hydrogens is 345 g/mol. The van der Waals surface area contributed by atoms with E-state index in [2.05, 4.69) is 20.4 Å². The molecule has 0 bridgehead atoms. The number of halogens is 1. The fourth-order valence-corrected chi connectivity index (χ4v) is 3.03. The van der Waals surface area contributed by atoms with Crippen molar-refractivity contribution >= 4 is 22.4 Å². The number of aliphatic hydroxyl groups excluding tert-OH is 1. The molecule has 0 amide bonds. The molecule has 2 N–H and O–H groups in total. The summed E-state index contributed by atoms with van der Waals surface area (Å²) in [5.41, 5.74) is 4.04. The van der Waals surface area contributed by atoms with E-state index in [9.17, 15) is 9.50 Å². The zero-order valence-corrected chi connectivity index (χ0v) is 14.7. The quantitative estimate of drug-likeness (QED) is 0.567. The first kappa shape index (κ1) is 17.1. The summed E-state index contributed by atoms with van der Waals surface area (Å²) in [6.07, 6.45) is 3.24. The van der Waals surface area contributed by atoms with E-state index in [-0.39, 0.29) is 12.4 Å². The van der Waals surface area contributed by atoms with E-state index < -0.39 is 0 Å². The monoisotopic (exact) mass is 363 g/mol. The van der Waals surface area contributed by atoms with Crippen LogP contribution >= 0.6 is 0 Å². The lowest BCUT2D eigenvalue weighted by Crippen LogP contribution is -2.03. The highest BCUT2D eigenvalue weighted by molar-refractivity contribution is 5.83. The van der Waals surface area contributed by atoms with Gasteiger partial charge in [0.15, 0.2) is 0 Å². The second-order valence-electron chi connectivity index (χ2n) is 6.28. The van der Waals surface area contributed by atoms with E-state index in [1.807, 2.05) is 35.9 Å². The molecule has 2 aromatic carbocycles. The molecule has 136 valence electrons. The lowest BCUT2D eigenvalue weighted by atomic mass is 10.2. The molecule has 7 heteroatoms. The summed E-state index contributed by atoms with van der Waals surface area (Å²) in [6, 6.07) is 12.3. The summed E-state index contributed by atoms with van der Waals surface area (Å²) in [4.78, 5) is 8.32. The van der Waals surface area contributed by atoms with E-state index in [1.165, 1.54) is 18.5 Å². The highest BCUT2D eigenvalue weighted by Gasteiger charge is 2.09. The SMILES string of the molecule is Cc1ncnc(Nc2ccc3c(cnn3Cc3cccc(F)c3)c2)c1CO. The average molecular weight is 363 g/mol. The number of fused-ring (bicyclic) bond motifs is 1. The highest BCUT2D eigenvalue weighted by atomic mass is 19.1. The van der Waals surface area contributed by atoms with Crippen LogP contribution in [0.4, 0.5) is 15.9 Å². The summed E-state index contributed by atoms with van der Waals surface area (Å²) in [7, 11) is 0. The fourth-order valence-electron chi connectivity index (χ4n) is 3.03. The molecular formula is C20H18FN5O.